The van der Waals surface area contributed by atoms with Gasteiger partial charge < -0.3 is 5.32 Å². The largest absolute Gasteiger partial charge is 0.365 e. The van der Waals surface area contributed by atoms with Crippen molar-refractivity contribution < 1.29 is 0 Å². The minimum Gasteiger partial charge on any atom is -0.365 e. The van der Waals surface area contributed by atoms with E-state index in [9.17, 15) is 0 Å². The van der Waals surface area contributed by atoms with Crippen molar-refractivity contribution in [1.29, 1.82) is 0 Å². The summed E-state index contributed by atoms with van der Waals surface area (Å²) in [5, 5.41) is 4.12. The molecule has 0 unspecified atom stereocenters. The molecule has 1 aliphatic carbocycles. The SMILES string of the molecule is CNc1nc(CCC2CCCCC2)c(Br)s1. The highest BCUT2D eigenvalue weighted by Crippen LogP contribution is 2.32. The van der Waals surface area contributed by atoms with Crippen LogP contribution in [0.15, 0.2) is 3.79 Å². The van der Waals surface area contributed by atoms with Crippen LogP contribution in [0, 0.1) is 5.92 Å². The number of rotatable bonds is 4. The van der Waals surface area contributed by atoms with Gasteiger partial charge in [-0.25, -0.2) is 4.98 Å². The third-order valence-corrected chi connectivity index (χ3v) is 5.22. The van der Waals surface area contributed by atoms with E-state index in [0.717, 1.165) is 17.5 Å². The minimum absolute atomic E-state index is 0.945. The lowest BCUT2D eigenvalue weighted by atomic mass is 9.86. The highest BCUT2D eigenvalue weighted by atomic mass is 79.9. The maximum Gasteiger partial charge on any atom is 0.183 e. The Morgan fingerprint density at radius 2 is 2.12 bits per heavy atom. The molecule has 1 aliphatic rings. The van der Waals surface area contributed by atoms with Crippen LogP contribution in [0.2, 0.25) is 0 Å². The summed E-state index contributed by atoms with van der Waals surface area (Å²) in [4.78, 5) is 4.57. The van der Waals surface area contributed by atoms with Crippen LogP contribution in [0.4, 0.5) is 5.13 Å². The number of halogens is 1. The summed E-state index contributed by atoms with van der Waals surface area (Å²) in [6.45, 7) is 0. The molecular weight excluding hydrogens is 284 g/mol. The van der Waals surface area contributed by atoms with E-state index in [0.29, 0.717) is 0 Å². The number of anilines is 1. The molecule has 2 nitrogen and oxygen atoms in total. The van der Waals surface area contributed by atoms with Gasteiger partial charge in [-0.1, -0.05) is 43.4 Å². The van der Waals surface area contributed by atoms with Crippen LogP contribution in [-0.2, 0) is 6.42 Å². The van der Waals surface area contributed by atoms with Gasteiger partial charge in [-0.05, 0) is 34.7 Å². The molecule has 1 saturated carbocycles. The lowest BCUT2D eigenvalue weighted by Crippen LogP contribution is -2.07. The van der Waals surface area contributed by atoms with Crippen molar-refractivity contribution >= 4 is 32.4 Å². The minimum atomic E-state index is 0.945. The van der Waals surface area contributed by atoms with E-state index in [1.165, 1.54) is 48.0 Å². The molecule has 2 rings (SSSR count). The van der Waals surface area contributed by atoms with Crippen molar-refractivity contribution in [2.45, 2.75) is 44.9 Å². The molecule has 0 aliphatic heterocycles. The fraction of sp³-hybridized carbons (Fsp3) is 0.750. The normalized spacial score (nSPS) is 17.6. The first kappa shape index (κ1) is 12.4. The number of aryl methyl sites for hydroxylation is 1. The first-order valence-electron chi connectivity index (χ1n) is 6.12. The summed E-state index contributed by atoms with van der Waals surface area (Å²) in [6, 6.07) is 0. The van der Waals surface area contributed by atoms with E-state index >= 15 is 0 Å². The topological polar surface area (TPSA) is 24.9 Å². The molecule has 0 atom stereocenters. The quantitative estimate of drug-likeness (QED) is 0.888. The van der Waals surface area contributed by atoms with Crippen LogP contribution in [0.3, 0.4) is 0 Å². The van der Waals surface area contributed by atoms with Crippen molar-refractivity contribution in [3.63, 3.8) is 0 Å². The van der Waals surface area contributed by atoms with Gasteiger partial charge in [-0.15, -0.1) is 0 Å². The fourth-order valence-corrected chi connectivity index (χ4v) is 3.85. The molecule has 16 heavy (non-hydrogen) atoms. The number of aromatic nitrogens is 1. The van der Waals surface area contributed by atoms with Gasteiger partial charge in [0.25, 0.3) is 0 Å². The molecular formula is C12H19BrN2S. The molecule has 1 fully saturated rings. The van der Waals surface area contributed by atoms with E-state index in [-0.39, 0.29) is 0 Å². The van der Waals surface area contributed by atoms with Crippen LogP contribution in [0.5, 0.6) is 0 Å². The van der Waals surface area contributed by atoms with Gasteiger partial charge in [0.1, 0.15) is 0 Å². The van der Waals surface area contributed by atoms with Crippen LogP contribution >= 0.6 is 27.3 Å². The summed E-state index contributed by atoms with van der Waals surface area (Å²) in [6.07, 6.45) is 9.62. The zero-order valence-corrected chi connectivity index (χ0v) is 12.2. The Bertz CT molecular complexity index is 332. The monoisotopic (exact) mass is 302 g/mol. The highest BCUT2D eigenvalue weighted by Gasteiger charge is 2.15. The third-order valence-electron chi connectivity index (χ3n) is 3.38. The molecule has 0 saturated heterocycles. The third kappa shape index (κ3) is 3.20. The van der Waals surface area contributed by atoms with Crippen molar-refractivity contribution in [2.75, 3.05) is 12.4 Å². The van der Waals surface area contributed by atoms with Gasteiger partial charge in [0.15, 0.2) is 5.13 Å². The summed E-state index contributed by atoms with van der Waals surface area (Å²) < 4.78 is 1.20. The fourth-order valence-electron chi connectivity index (χ4n) is 2.41. The van der Waals surface area contributed by atoms with Crippen LogP contribution in [0.25, 0.3) is 0 Å². The number of thiazole rings is 1. The zero-order valence-electron chi connectivity index (χ0n) is 9.76. The molecule has 0 amide bonds. The van der Waals surface area contributed by atoms with Gasteiger partial charge in [0, 0.05) is 7.05 Å². The lowest BCUT2D eigenvalue weighted by molar-refractivity contribution is 0.338. The highest BCUT2D eigenvalue weighted by molar-refractivity contribution is 9.11. The van der Waals surface area contributed by atoms with Crippen LogP contribution in [-0.4, -0.2) is 12.0 Å². The first-order valence-corrected chi connectivity index (χ1v) is 7.73. The van der Waals surface area contributed by atoms with Gasteiger partial charge >= 0.3 is 0 Å². The Morgan fingerprint density at radius 1 is 1.38 bits per heavy atom. The molecule has 0 bridgehead atoms. The molecule has 1 heterocycles. The van der Waals surface area contributed by atoms with Crippen molar-refractivity contribution in [3.05, 3.63) is 9.48 Å². The molecule has 1 N–H and O–H groups in total. The van der Waals surface area contributed by atoms with E-state index in [4.69, 9.17) is 0 Å². The standard InChI is InChI=1S/C12H19BrN2S/c1-14-12-15-10(11(13)16-12)8-7-9-5-3-2-4-6-9/h9H,2-8H2,1H3,(H,14,15). The molecule has 4 heteroatoms. The van der Waals surface area contributed by atoms with E-state index in [1.54, 1.807) is 11.3 Å². The lowest BCUT2D eigenvalue weighted by Gasteiger charge is -2.20. The number of nitrogens with one attached hydrogen (secondary N) is 1. The predicted molar refractivity (Wildman–Crippen MR) is 74.3 cm³/mol. The predicted octanol–water partition coefficient (Wildman–Crippen LogP) is 4.46. The second-order valence-electron chi connectivity index (χ2n) is 4.53. The second-order valence-corrected chi connectivity index (χ2v) is 6.85. The maximum absolute atomic E-state index is 4.57. The van der Waals surface area contributed by atoms with Gasteiger partial charge in [-0.2, -0.15) is 0 Å². The van der Waals surface area contributed by atoms with Crippen molar-refractivity contribution in [1.82, 2.24) is 4.98 Å². The summed E-state index contributed by atoms with van der Waals surface area (Å²) >= 11 is 5.29. The molecule has 0 radical (unpaired) electrons. The Morgan fingerprint density at radius 3 is 2.75 bits per heavy atom. The number of hydrogen-bond acceptors (Lipinski definition) is 3. The average molecular weight is 303 g/mol. The first-order chi connectivity index (χ1) is 7.79. The molecule has 0 aromatic carbocycles. The smallest absolute Gasteiger partial charge is 0.183 e. The van der Waals surface area contributed by atoms with E-state index < -0.39 is 0 Å². The Labute approximate surface area is 110 Å². The molecule has 0 spiro atoms. The summed E-state index contributed by atoms with van der Waals surface area (Å²) in [5.41, 5.74) is 1.24. The Balaban J connectivity index is 1.85. The van der Waals surface area contributed by atoms with Crippen LogP contribution in [0.1, 0.15) is 44.2 Å². The molecule has 1 aromatic heterocycles. The van der Waals surface area contributed by atoms with Crippen LogP contribution < -0.4 is 5.32 Å². The number of hydrogen-bond donors (Lipinski definition) is 1. The van der Waals surface area contributed by atoms with E-state index in [2.05, 4.69) is 26.2 Å². The molecule has 90 valence electrons. The van der Waals surface area contributed by atoms with Gasteiger partial charge in [0.2, 0.25) is 0 Å². The van der Waals surface area contributed by atoms with Crippen molar-refractivity contribution in [2.24, 2.45) is 5.92 Å². The molecule has 1 aromatic rings. The Kier molecular flexibility index (Phi) is 4.65. The second kappa shape index (κ2) is 6.01. The zero-order chi connectivity index (χ0) is 11.4. The average Bonchev–Trinajstić information content (AvgIpc) is 2.69. The maximum atomic E-state index is 4.57. The summed E-state index contributed by atoms with van der Waals surface area (Å²) in [5.74, 6) is 0.945. The summed E-state index contributed by atoms with van der Waals surface area (Å²) in [7, 11) is 1.93. The Hall–Kier alpha value is -0.0900. The van der Waals surface area contributed by atoms with Gasteiger partial charge in [-0.3, -0.25) is 0 Å². The van der Waals surface area contributed by atoms with E-state index in [1.807, 2.05) is 7.05 Å². The van der Waals surface area contributed by atoms with Gasteiger partial charge in [0.05, 0.1) is 9.48 Å². The van der Waals surface area contributed by atoms with Crippen molar-refractivity contribution in [3.8, 4) is 0 Å². The number of nitrogens with zero attached hydrogens (tertiary/aromatic N) is 1.